The smallest absolute Gasteiger partial charge is 0.459 e. The van der Waals surface area contributed by atoms with E-state index in [1.807, 2.05) is 0 Å². The van der Waals surface area contributed by atoms with Gasteiger partial charge >= 0.3 is 18.3 Å². The van der Waals surface area contributed by atoms with Gasteiger partial charge in [-0.05, 0) is 24.3 Å². The van der Waals surface area contributed by atoms with Gasteiger partial charge in [0.2, 0.25) is 0 Å². The molecule has 0 aliphatic carbocycles. The van der Waals surface area contributed by atoms with Crippen LogP contribution in [0.5, 0.6) is 5.75 Å². The van der Waals surface area contributed by atoms with Crippen molar-refractivity contribution >= 4 is 5.97 Å². The summed E-state index contributed by atoms with van der Waals surface area (Å²) in [4.78, 5) is 10.7. The number of benzene rings is 1. The molecule has 0 N–H and O–H groups in total. The SMILES string of the molecule is COC(=O)C#Cc1ccc(OC(F)(F)C(F)(F)F)cc1. The molecule has 0 amide bonds. The number of methoxy groups -OCH3 is 1. The monoisotopic (exact) mass is 294 g/mol. The van der Waals surface area contributed by atoms with Crippen LogP contribution in [0.2, 0.25) is 0 Å². The van der Waals surface area contributed by atoms with Gasteiger partial charge in [0.15, 0.2) is 0 Å². The van der Waals surface area contributed by atoms with Crippen molar-refractivity contribution in [3.63, 3.8) is 0 Å². The zero-order valence-corrected chi connectivity index (χ0v) is 9.92. The summed E-state index contributed by atoms with van der Waals surface area (Å²) in [5, 5.41) is 0. The number of hydrogen-bond donors (Lipinski definition) is 0. The molecule has 0 heterocycles. The summed E-state index contributed by atoms with van der Waals surface area (Å²) in [5.74, 6) is 2.89. The van der Waals surface area contributed by atoms with E-state index in [0.29, 0.717) is 0 Å². The second-order valence-corrected chi connectivity index (χ2v) is 3.38. The zero-order valence-electron chi connectivity index (χ0n) is 9.92. The minimum Gasteiger partial charge on any atom is -0.459 e. The van der Waals surface area contributed by atoms with Crippen molar-refractivity contribution in [1.29, 1.82) is 0 Å². The van der Waals surface area contributed by atoms with Crippen LogP contribution in [0.15, 0.2) is 24.3 Å². The maximum absolute atomic E-state index is 12.6. The fourth-order valence-corrected chi connectivity index (χ4v) is 0.986. The van der Waals surface area contributed by atoms with E-state index in [1.165, 1.54) is 0 Å². The molecular weight excluding hydrogens is 287 g/mol. The molecule has 0 spiro atoms. The quantitative estimate of drug-likeness (QED) is 0.478. The lowest BCUT2D eigenvalue weighted by atomic mass is 10.2. The summed E-state index contributed by atoms with van der Waals surface area (Å²) in [7, 11) is 1.12. The highest BCUT2D eigenvalue weighted by atomic mass is 19.4. The van der Waals surface area contributed by atoms with Gasteiger partial charge < -0.3 is 9.47 Å². The molecule has 0 unspecified atom stereocenters. The Morgan fingerprint density at radius 1 is 1.10 bits per heavy atom. The molecular formula is C12H7F5O3. The lowest BCUT2D eigenvalue weighted by Crippen LogP contribution is -2.41. The normalized spacial score (nSPS) is 11.3. The lowest BCUT2D eigenvalue weighted by Gasteiger charge is -2.19. The van der Waals surface area contributed by atoms with Gasteiger partial charge in [-0.3, -0.25) is 0 Å². The molecule has 0 aliphatic rings. The molecule has 1 aromatic carbocycles. The fourth-order valence-electron chi connectivity index (χ4n) is 0.986. The first-order valence-electron chi connectivity index (χ1n) is 4.99. The van der Waals surface area contributed by atoms with Gasteiger partial charge in [0.05, 0.1) is 7.11 Å². The Balaban J connectivity index is 2.82. The maximum atomic E-state index is 12.6. The minimum atomic E-state index is -5.81. The summed E-state index contributed by atoms with van der Waals surface area (Å²) < 4.78 is 68.7. The van der Waals surface area contributed by atoms with Crippen molar-refractivity contribution in [2.45, 2.75) is 12.3 Å². The minimum absolute atomic E-state index is 0.220. The molecule has 20 heavy (non-hydrogen) atoms. The van der Waals surface area contributed by atoms with Gasteiger partial charge in [-0.2, -0.15) is 22.0 Å². The van der Waals surface area contributed by atoms with Gasteiger partial charge in [-0.1, -0.05) is 5.92 Å². The molecule has 0 aliphatic heterocycles. The van der Waals surface area contributed by atoms with Crippen molar-refractivity contribution in [2.24, 2.45) is 0 Å². The molecule has 0 saturated heterocycles. The van der Waals surface area contributed by atoms with Crippen LogP contribution in [0.25, 0.3) is 0 Å². The van der Waals surface area contributed by atoms with E-state index in [1.54, 1.807) is 0 Å². The summed E-state index contributed by atoms with van der Waals surface area (Å²) in [6.45, 7) is 0. The largest absolute Gasteiger partial charge is 0.499 e. The molecule has 0 fully saturated rings. The van der Waals surface area contributed by atoms with E-state index in [9.17, 15) is 26.7 Å². The first kappa shape index (κ1) is 15.8. The number of carbonyl (C=O) groups is 1. The third kappa shape index (κ3) is 4.12. The van der Waals surface area contributed by atoms with E-state index in [0.717, 1.165) is 31.4 Å². The average Bonchev–Trinajstić information content (AvgIpc) is 2.35. The van der Waals surface area contributed by atoms with Crippen molar-refractivity contribution in [2.75, 3.05) is 7.11 Å². The van der Waals surface area contributed by atoms with E-state index in [-0.39, 0.29) is 5.56 Å². The third-order valence-corrected chi connectivity index (χ3v) is 1.92. The van der Waals surface area contributed by atoms with Crippen LogP contribution in [0, 0.1) is 11.8 Å². The summed E-state index contributed by atoms with van der Waals surface area (Å²) in [6.07, 6.45) is -11.1. The van der Waals surface area contributed by atoms with Gasteiger partial charge in [-0.25, -0.2) is 4.79 Å². The average molecular weight is 294 g/mol. The Bertz CT molecular complexity index is 537. The summed E-state index contributed by atoms with van der Waals surface area (Å²) in [5.41, 5.74) is 0.220. The molecule has 3 nitrogen and oxygen atoms in total. The standard InChI is InChI=1S/C12H7F5O3/c1-19-10(18)7-4-8-2-5-9(6-3-8)20-12(16,17)11(13,14)15/h2-3,5-6H,1H3. The Morgan fingerprint density at radius 2 is 1.65 bits per heavy atom. The van der Waals surface area contributed by atoms with Crippen LogP contribution >= 0.6 is 0 Å². The number of ether oxygens (including phenoxy) is 2. The van der Waals surface area contributed by atoms with Gasteiger partial charge in [0, 0.05) is 11.5 Å². The Labute approximate surface area is 110 Å². The molecule has 1 rings (SSSR count). The Hall–Kier alpha value is -2.30. The highest BCUT2D eigenvalue weighted by Crippen LogP contribution is 2.37. The van der Waals surface area contributed by atoms with Crippen LogP contribution in [0.1, 0.15) is 5.56 Å². The Kier molecular flexibility index (Phi) is 4.55. The van der Waals surface area contributed by atoms with Crippen molar-refractivity contribution < 1.29 is 36.2 Å². The lowest BCUT2D eigenvalue weighted by molar-refractivity contribution is -0.360. The fraction of sp³-hybridized carbons (Fsp3) is 0.250. The second-order valence-electron chi connectivity index (χ2n) is 3.38. The maximum Gasteiger partial charge on any atom is 0.499 e. The van der Waals surface area contributed by atoms with Gasteiger partial charge in [0.1, 0.15) is 5.75 Å². The first-order chi connectivity index (χ1) is 9.15. The third-order valence-electron chi connectivity index (χ3n) is 1.92. The number of halogens is 5. The summed E-state index contributed by atoms with van der Waals surface area (Å²) in [6, 6.07) is 4.00. The predicted molar refractivity (Wildman–Crippen MR) is 57.0 cm³/mol. The topological polar surface area (TPSA) is 35.5 Å². The Morgan fingerprint density at radius 3 is 2.10 bits per heavy atom. The molecule has 0 radical (unpaired) electrons. The molecule has 8 heteroatoms. The number of esters is 1. The van der Waals surface area contributed by atoms with E-state index < -0.39 is 24.0 Å². The van der Waals surface area contributed by atoms with E-state index in [4.69, 9.17) is 0 Å². The second kappa shape index (κ2) is 5.77. The molecule has 0 atom stereocenters. The van der Waals surface area contributed by atoms with Crippen LogP contribution in [-0.2, 0) is 9.53 Å². The molecule has 0 aromatic heterocycles. The van der Waals surface area contributed by atoms with Crippen molar-refractivity contribution in [1.82, 2.24) is 0 Å². The van der Waals surface area contributed by atoms with Gasteiger partial charge in [-0.15, -0.1) is 0 Å². The first-order valence-corrected chi connectivity index (χ1v) is 4.99. The number of rotatable bonds is 2. The van der Waals surface area contributed by atoms with E-state index in [2.05, 4.69) is 21.3 Å². The molecule has 108 valence electrons. The van der Waals surface area contributed by atoms with Crippen molar-refractivity contribution in [3.8, 4) is 17.6 Å². The van der Waals surface area contributed by atoms with Crippen LogP contribution in [0.3, 0.4) is 0 Å². The number of alkyl halides is 5. The van der Waals surface area contributed by atoms with Crippen LogP contribution < -0.4 is 4.74 Å². The highest BCUT2D eigenvalue weighted by molar-refractivity contribution is 5.88. The van der Waals surface area contributed by atoms with Crippen LogP contribution in [0.4, 0.5) is 22.0 Å². The molecule has 0 bridgehead atoms. The predicted octanol–water partition coefficient (Wildman–Crippen LogP) is 2.75. The molecule has 0 saturated carbocycles. The molecule has 1 aromatic rings. The number of hydrogen-bond acceptors (Lipinski definition) is 3. The number of carbonyl (C=O) groups excluding carboxylic acids is 1. The summed E-state index contributed by atoms with van der Waals surface area (Å²) >= 11 is 0. The van der Waals surface area contributed by atoms with Crippen LogP contribution in [-0.4, -0.2) is 25.4 Å². The zero-order chi connectivity index (χ0) is 15.4. The van der Waals surface area contributed by atoms with E-state index >= 15 is 0 Å². The van der Waals surface area contributed by atoms with Crippen molar-refractivity contribution in [3.05, 3.63) is 29.8 Å². The highest BCUT2D eigenvalue weighted by Gasteiger charge is 2.61. The van der Waals surface area contributed by atoms with Gasteiger partial charge in [0.25, 0.3) is 0 Å².